The predicted molar refractivity (Wildman–Crippen MR) is 96.9 cm³/mol. The van der Waals surface area contributed by atoms with Crippen LogP contribution in [0.5, 0.6) is 0 Å². The van der Waals surface area contributed by atoms with E-state index in [4.69, 9.17) is 11.6 Å². The van der Waals surface area contributed by atoms with Crippen molar-refractivity contribution in [1.29, 1.82) is 0 Å². The van der Waals surface area contributed by atoms with Gasteiger partial charge in [-0.05, 0) is 67.1 Å². The average Bonchev–Trinajstić information content (AvgIpc) is 2.95. The quantitative estimate of drug-likeness (QED) is 0.505. The maximum Gasteiger partial charge on any atom is 0.0660 e. The summed E-state index contributed by atoms with van der Waals surface area (Å²) in [5.41, 5.74) is 4.18. The monoisotopic (exact) mass is 372 g/mol. The second-order valence-electron chi connectivity index (χ2n) is 4.97. The Kier molecular flexibility index (Phi) is 4.46. The zero-order valence-corrected chi connectivity index (χ0v) is 14.3. The van der Waals surface area contributed by atoms with E-state index in [2.05, 4.69) is 38.5 Å². The highest BCUT2D eigenvalue weighted by Crippen LogP contribution is 2.23. The van der Waals surface area contributed by atoms with Crippen LogP contribution in [0.15, 0.2) is 70.3 Å². The number of hydrogen-bond acceptors (Lipinski definition) is 1. The van der Waals surface area contributed by atoms with Crippen LogP contribution in [0.3, 0.4) is 0 Å². The van der Waals surface area contributed by atoms with Gasteiger partial charge >= 0.3 is 0 Å². The van der Waals surface area contributed by atoms with Crippen molar-refractivity contribution >= 4 is 39.4 Å². The van der Waals surface area contributed by atoms with Gasteiger partial charge in [-0.25, -0.2) is 0 Å². The molecule has 3 aromatic rings. The fourth-order valence-electron chi connectivity index (χ4n) is 2.24. The molecule has 2 nitrogen and oxygen atoms in total. The van der Waals surface area contributed by atoms with Gasteiger partial charge in [0.15, 0.2) is 0 Å². The Morgan fingerprint density at radius 2 is 1.86 bits per heavy atom. The van der Waals surface area contributed by atoms with Crippen LogP contribution in [-0.4, -0.2) is 10.8 Å². The zero-order chi connectivity index (χ0) is 15.5. The molecule has 0 saturated heterocycles. The van der Waals surface area contributed by atoms with Crippen LogP contribution in [0.1, 0.15) is 11.3 Å². The van der Waals surface area contributed by atoms with Crippen molar-refractivity contribution in [1.82, 2.24) is 4.57 Å². The Bertz CT molecular complexity index is 819. The summed E-state index contributed by atoms with van der Waals surface area (Å²) in [5, 5.41) is 0.733. The fourth-order valence-corrected chi connectivity index (χ4v) is 2.84. The lowest BCUT2D eigenvalue weighted by Gasteiger charge is -2.06. The van der Waals surface area contributed by atoms with Crippen molar-refractivity contribution in [2.75, 3.05) is 0 Å². The van der Waals surface area contributed by atoms with Gasteiger partial charge in [-0.2, -0.15) is 0 Å². The minimum Gasteiger partial charge on any atom is -0.316 e. The van der Waals surface area contributed by atoms with E-state index < -0.39 is 0 Å². The maximum atomic E-state index is 5.94. The van der Waals surface area contributed by atoms with Gasteiger partial charge in [0.2, 0.25) is 0 Å². The van der Waals surface area contributed by atoms with E-state index in [9.17, 15) is 0 Å². The fraction of sp³-hybridized carbons (Fsp3) is 0.0556. The van der Waals surface area contributed by atoms with E-state index in [0.717, 1.165) is 32.1 Å². The number of rotatable bonds is 3. The highest BCUT2D eigenvalue weighted by atomic mass is 79.9. The molecule has 110 valence electrons. The lowest BCUT2D eigenvalue weighted by atomic mass is 10.2. The molecule has 0 aliphatic rings. The summed E-state index contributed by atoms with van der Waals surface area (Å²) in [6, 6.07) is 17.9. The van der Waals surface area contributed by atoms with Gasteiger partial charge in [0.25, 0.3) is 0 Å². The molecular formula is C18H14BrClN2. The van der Waals surface area contributed by atoms with Crippen LogP contribution in [0.2, 0.25) is 5.02 Å². The molecule has 0 unspecified atom stereocenters. The van der Waals surface area contributed by atoms with Gasteiger partial charge in [-0.15, -0.1) is 0 Å². The molecule has 0 radical (unpaired) electrons. The van der Waals surface area contributed by atoms with Crippen LogP contribution in [0.25, 0.3) is 5.69 Å². The van der Waals surface area contributed by atoms with Gasteiger partial charge in [0, 0.05) is 21.4 Å². The summed E-state index contributed by atoms with van der Waals surface area (Å²) in [4.78, 5) is 4.60. The van der Waals surface area contributed by atoms with Gasteiger partial charge in [-0.1, -0.05) is 27.5 Å². The molecule has 0 saturated carbocycles. The van der Waals surface area contributed by atoms with Crippen molar-refractivity contribution in [3.05, 3.63) is 81.5 Å². The molecule has 0 N–H and O–H groups in total. The smallest absolute Gasteiger partial charge is 0.0660 e. The van der Waals surface area contributed by atoms with Crippen molar-refractivity contribution in [2.24, 2.45) is 4.99 Å². The molecule has 0 spiro atoms. The number of aliphatic imine (C=N–C) groups is 1. The molecular weight excluding hydrogens is 360 g/mol. The summed E-state index contributed by atoms with van der Waals surface area (Å²) in [6.45, 7) is 2.05. The molecule has 0 atom stereocenters. The zero-order valence-electron chi connectivity index (χ0n) is 12.0. The van der Waals surface area contributed by atoms with E-state index >= 15 is 0 Å². The largest absolute Gasteiger partial charge is 0.316 e. The van der Waals surface area contributed by atoms with E-state index in [-0.39, 0.29) is 0 Å². The van der Waals surface area contributed by atoms with Crippen molar-refractivity contribution in [3.8, 4) is 5.69 Å². The molecule has 0 fully saturated rings. The second-order valence-corrected chi connectivity index (χ2v) is 6.32. The Morgan fingerprint density at radius 3 is 2.59 bits per heavy atom. The first kappa shape index (κ1) is 15.1. The lowest BCUT2D eigenvalue weighted by molar-refractivity contribution is 1.07. The van der Waals surface area contributed by atoms with Gasteiger partial charge < -0.3 is 4.57 Å². The summed E-state index contributed by atoms with van der Waals surface area (Å²) < 4.78 is 3.14. The van der Waals surface area contributed by atoms with Crippen molar-refractivity contribution < 1.29 is 0 Å². The summed E-state index contributed by atoms with van der Waals surface area (Å²) in [6.07, 6.45) is 3.89. The van der Waals surface area contributed by atoms with Crippen LogP contribution >= 0.6 is 27.5 Å². The SMILES string of the molecule is Cc1cc(Br)ccc1N=Cc1cccn1-c1ccc(Cl)cc1. The molecule has 2 aromatic carbocycles. The molecule has 0 amide bonds. The Hall–Kier alpha value is -1.84. The molecule has 0 aliphatic carbocycles. The summed E-state index contributed by atoms with van der Waals surface area (Å²) in [5.74, 6) is 0. The Morgan fingerprint density at radius 1 is 1.09 bits per heavy atom. The minimum absolute atomic E-state index is 0.733. The standard InChI is InChI=1S/C18H14BrClN2/c1-13-11-14(19)4-9-18(13)21-12-17-3-2-10-22(17)16-7-5-15(20)6-8-16/h2-12H,1H3. The molecule has 1 heterocycles. The third kappa shape index (κ3) is 3.32. The molecule has 3 rings (SSSR count). The van der Waals surface area contributed by atoms with Crippen LogP contribution in [0, 0.1) is 6.92 Å². The number of benzene rings is 2. The number of aromatic nitrogens is 1. The molecule has 4 heteroatoms. The Labute approximate surface area is 143 Å². The number of aryl methyl sites for hydroxylation is 1. The molecule has 22 heavy (non-hydrogen) atoms. The van der Waals surface area contributed by atoms with Crippen molar-refractivity contribution in [2.45, 2.75) is 6.92 Å². The first-order chi connectivity index (χ1) is 10.6. The van der Waals surface area contributed by atoms with E-state index in [1.54, 1.807) is 0 Å². The van der Waals surface area contributed by atoms with Gasteiger partial charge in [-0.3, -0.25) is 4.99 Å². The van der Waals surface area contributed by atoms with E-state index in [0.29, 0.717) is 0 Å². The lowest BCUT2D eigenvalue weighted by Crippen LogP contribution is -1.97. The maximum absolute atomic E-state index is 5.94. The molecule has 0 aliphatic heterocycles. The highest BCUT2D eigenvalue weighted by Gasteiger charge is 2.02. The van der Waals surface area contributed by atoms with Gasteiger partial charge in [0.1, 0.15) is 0 Å². The van der Waals surface area contributed by atoms with Crippen LogP contribution in [-0.2, 0) is 0 Å². The predicted octanol–water partition coefficient (Wildman–Crippen LogP) is 5.95. The topological polar surface area (TPSA) is 17.3 Å². The normalized spacial score (nSPS) is 11.2. The highest BCUT2D eigenvalue weighted by molar-refractivity contribution is 9.10. The second kappa shape index (κ2) is 6.51. The first-order valence-corrected chi connectivity index (χ1v) is 8.04. The minimum atomic E-state index is 0.733. The number of nitrogens with zero attached hydrogens (tertiary/aromatic N) is 2. The van der Waals surface area contributed by atoms with Gasteiger partial charge in [0.05, 0.1) is 17.6 Å². The van der Waals surface area contributed by atoms with Crippen LogP contribution < -0.4 is 0 Å². The first-order valence-electron chi connectivity index (χ1n) is 6.87. The molecule has 0 bridgehead atoms. The Balaban J connectivity index is 1.92. The van der Waals surface area contributed by atoms with E-state index in [1.807, 2.05) is 60.9 Å². The number of hydrogen-bond donors (Lipinski definition) is 0. The van der Waals surface area contributed by atoms with E-state index in [1.165, 1.54) is 0 Å². The molecule has 1 aromatic heterocycles. The third-order valence-corrected chi connectivity index (χ3v) is 4.13. The summed E-state index contributed by atoms with van der Waals surface area (Å²) in [7, 11) is 0. The average molecular weight is 374 g/mol. The summed E-state index contributed by atoms with van der Waals surface area (Å²) >= 11 is 9.41. The number of halogens is 2. The third-order valence-electron chi connectivity index (χ3n) is 3.38. The van der Waals surface area contributed by atoms with Crippen molar-refractivity contribution in [3.63, 3.8) is 0 Å². The van der Waals surface area contributed by atoms with Crippen LogP contribution in [0.4, 0.5) is 5.69 Å².